The van der Waals surface area contributed by atoms with Gasteiger partial charge in [-0.05, 0) is 6.42 Å². The van der Waals surface area contributed by atoms with Crippen LogP contribution in [0.4, 0.5) is 11.9 Å². The van der Waals surface area contributed by atoms with Crippen molar-refractivity contribution in [2.24, 2.45) is 0 Å². The second-order valence-electron chi connectivity index (χ2n) is 3.49. The summed E-state index contributed by atoms with van der Waals surface area (Å²) in [6.45, 7) is 2.97. The van der Waals surface area contributed by atoms with E-state index in [1.807, 2.05) is 6.92 Å². The van der Waals surface area contributed by atoms with Gasteiger partial charge in [0.2, 0.25) is 11.9 Å². The molecule has 96 valence electrons. The van der Waals surface area contributed by atoms with Gasteiger partial charge in [-0.15, -0.1) is 0 Å². The topological polar surface area (TPSA) is 112 Å². The van der Waals surface area contributed by atoms with Gasteiger partial charge in [0.1, 0.15) is 12.0 Å². The first-order valence-electron chi connectivity index (χ1n) is 5.55. The lowest BCUT2D eigenvalue weighted by Gasteiger charge is -2.06. The molecule has 0 aliphatic rings. The zero-order valence-electron chi connectivity index (χ0n) is 9.96. The summed E-state index contributed by atoms with van der Waals surface area (Å²) in [5.41, 5.74) is 6.30. The van der Waals surface area contributed by atoms with Crippen molar-refractivity contribution >= 4 is 11.9 Å². The molecule has 8 heteroatoms. The first kappa shape index (κ1) is 12.1. The van der Waals surface area contributed by atoms with Crippen molar-refractivity contribution in [2.45, 2.75) is 19.9 Å². The van der Waals surface area contributed by atoms with Gasteiger partial charge in [0.05, 0.1) is 13.2 Å². The number of nitrogens with two attached hydrogens (primary N) is 1. The lowest BCUT2D eigenvalue weighted by atomic mass is 10.4. The summed E-state index contributed by atoms with van der Waals surface area (Å²) < 4.78 is 10.0. The average Bonchev–Trinajstić information content (AvgIpc) is 2.86. The minimum Gasteiger partial charge on any atom is -0.463 e. The quantitative estimate of drug-likeness (QED) is 0.775. The van der Waals surface area contributed by atoms with Crippen molar-refractivity contribution < 1.29 is 9.26 Å². The fourth-order valence-electron chi connectivity index (χ4n) is 1.21. The third kappa shape index (κ3) is 3.30. The maximum Gasteiger partial charge on any atom is 0.323 e. The highest BCUT2D eigenvalue weighted by Crippen LogP contribution is 2.10. The average molecular weight is 250 g/mol. The number of hydrogen-bond acceptors (Lipinski definition) is 8. The molecule has 0 fully saturated rings. The van der Waals surface area contributed by atoms with Gasteiger partial charge in [0.15, 0.2) is 0 Å². The second-order valence-corrected chi connectivity index (χ2v) is 3.49. The molecule has 0 saturated heterocycles. The van der Waals surface area contributed by atoms with E-state index in [-0.39, 0.29) is 12.0 Å². The Kier molecular flexibility index (Phi) is 3.90. The summed E-state index contributed by atoms with van der Waals surface area (Å²) in [5, 5.41) is 6.71. The van der Waals surface area contributed by atoms with Crippen LogP contribution in [0.1, 0.15) is 19.0 Å². The summed E-state index contributed by atoms with van der Waals surface area (Å²) in [6, 6.07) is 1.96. The van der Waals surface area contributed by atoms with Gasteiger partial charge in [-0.25, -0.2) is 0 Å². The normalized spacial score (nSPS) is 10.3. The summed E-state index contributed by atoms with van der Waals surface area (Å²) >= 11 is 0. The summed E-state index contributed by atoms with van der Waals surface area (Å²) in [5.74, 6) is 0.454. The van der Waals surface area contributed by atoms with Gasteiger partial charge in [-0.3, -0.25) is 0 Å². The molecule has 2 rings (SSSR count). The molecule has 0 radical (unpaired) electrons. The number of ether oxygens (including phenoxy) is 1. The Morgan fingerprint density at radius 3 is 3.00 bits per heavy atom. The standard InChI is InChI=1S/C10H14N6O2/c1-2-4-17-10-14-8(11)13-9(15-10)12-6-7-3-5-18-16-7/h3,5H,2,4,6H2,1H3,(H3,11,12,13,14,15). The van der Waals surface area contributed by atoms with E-state index in [1.54, 1.807) is 6.07 Å². The number of hydrogen-bond donors (Lipinski definition) is 2. The van der Waals surface area contributed by atoms with E-state index in [0.717, 1.165) is 12.1 Å². The number of nitrogens with one attached hydrogen (secondary N) is 1. The smallest absolute Gasteiger partial charge is 0.323 e. The summed E-state index contributed by atoms with van der Waals surface area (Å²) in [6.07, 6.45) is 2.36. The van der Waals surface area contributed by atoms with E-state index >= 15 is 0 Å². The predicted octanol–water partition coefficient (Wildman–Crippen LogP) is 0.843. The van der Waals surface area contributed by atoms with Crippen LogP contribution in [0.5, 0.6) is 6.01 Å². The molecular formula is C10H14N6O2. The number of rotatable bonds is 6. The number of anilines is 2. The van der Waals surface area contributed by atoms with Gasteiger partial charge in [0, 0.05) is 6.07 Å². The van der Waals surface area contributed by atoms with Crippen molar-refractivity contribution in [3.05, 3.63) is 18.0 Å². The molecule has 18 heavy (non-hydrogen) atoms. The van der Waals surface area contributed by atoms with Crippen molar-refractivity contribution in [2.75, 3.05) is 17.7 Å². The molecule has 2 aromatic heterocycles. The number of nitrogen functional groups attached to an aromatic ring is 1. The van der Waals surface area contributed by atoms with Crippen LogP contribution in [0.3, 0.4) is 0 Å². The van der Waals surface area contributed by atoms with Crippen molar-refractivity contribution in [3.8, 4) is 6.01 Å². The van der Waals surface area contributed by atoms with E-state index in [4.69, 9.17) is 15.0 Å². The molecule has 2 heterocycles. The Morgan fingerprint density at radius 2 is 2.28 bits per heavy atom. The Hall–Kier alpha value is -2.38. The number of nitrogens with zero attached hydrogens (tertiary/aromatic N) is 4. The zero-order valence-corrected chi connectivity index (χ0v) is 9.96. The van der Waals surface area contributed by atoms with E-state index in [1.165, 1.54) is 6.26 Å². The number of aromatic nitrogens is 4. The van der Waals surface area contributed by atoms with Crippen LogP contribution in [0.25, 0.3) is 0 Å². The lowest BCUT2D eigenvalue weighted by molar-refractivity contribution is 0.292. The van der Waals surface area contributed by atoms with E-state index in [9.17, 15) is 0 Å². The Morgan fingerprint density at radius 1 is 1.39 bits per heavy atom. The van der Waals surface area contributed by atoms with Gasteiger partial charge in [-0.1, -0.05) is 12.1 Å². The van der Waals surface area contributed by atoms with Crippen LogP contribution in [-0.2, 0) is 6.54 Å². The van der Waals surface area contributed by atoms with E-state index in [2.05, 4.69) is 25.4 Å². The fraction of sp³-hybridized carbons (Fsp3) is 0.400. The first-order chi connectivity index (χ1) is 8.78. The largest absolute Gasteiger partial charge is 0.463 e. The molecule has 3 N–H and O–H groups in total. The molecule has 0 aliphatic heterocycles. The molecule has 8 nitrogen and oxygen atoms in total. The van der Waals surface area contributed by atoms with Crippen LogP contribution in [0.2, 0.25) is 0 Å². The highest BCUT2D eigenvalue weighted by molar-refractivity contribution is 5.32. The molecule has 0 spiro atoms. The highest BCUT2D eigenvalue weighted by atomic mass is 16.5. The van der Waals surface area contributed by atoms with Crippen molar-refractivity contribution in [1.29, 1.82) is 0 Å². The SMILES string of the molecule is CCCOc1nc(N)nc(NCc2ccon2)n1. The fourth-order valence-corrected chi connectivity index (χ4v) is 1.21. The minimum absolute atomic E-state index is 0.110. The van der Waals surface area contributed by atoms with Crippen LogP contribution in [0, 0.1) is 0 Å². The maximum absolute atomic E-state index is 5.56. The molecule has 0 aliphatic carbocycles. The molecular weight excluding hydrogens is 236 g/mol. The Bertz CT molecular complexity index is 487. The zero-order chi connectivity index (χ0) is 12.8. The molecule has 0 atom stereocenters. The van der Waals surface area contributed by atoms with Crippen LogP contribution in [0.15, 0.2) is 16.9 Å². The van der Waals surface area contributed by atoms with Crippen molar-refractivity contribution in [1.82, 2.24) is 20.1 Å². The third-order valence-corrected chi connectivity index (χ3v) is 1.99. The molecule has 0 unspecified atom stereocenters. The van der Waals surface area contributed by atoms with Crippen LogP contribution in [-0.4, -0.2) is 26.7 Å². The Balaban J connectivity index is 2.00. The van der Waals surface area contributed by atoms with Gasteiger partial charge in [-0.2, -0.15) is 15.0 Å². The van der Waals surface area contributed by atoms with Gasteiger partial charge in [0.25, 0.3) is 0 Å². The predicted molar refractivity (Wildman–Crippen MR) is 63.9 cm³/mol. The molecule has 0 aromatic carbocycles. The minimum atomic E-state index is 0.110. The molecule has 0 saturated carbocycles. The van der Waals surface area contributed by atoms with Crippen LogP contribution < -0.4 is 15.8 Å². The third-order valence-electron chi connectivity index (χ3n) is 1.99. The molecule has 0 amide bonds. The lowest BCUT2D eigenvalue weighted by Crippen LogP contribution is -2.09. The molecule has 2 aromatic rings. The second kappa shape index (κ2) is 5.80. The molecule has 0 bridgehead atoms. The van der Waals surface area contributed by atoms with Gasteiger partial charge < -0.3 is 20.3 Å². The van der Waals surface area contributed by atoms with E-state index < -0.39 is 0 Å². The monoisotopic (exact) mass is 250 g/mol. The Labute approximate surface area is 104 Å². The van der Waals surface area contributed by atoms with Crippen molar-refractivity contribution in [3.63, 3.8) is 0 Å². The van der Waals surface area contributed by atoms with Gasteiger partial charge >= 0.3 is 6.01 Å². The van der Waals surface area contributed by atoms with Crippen LogP contribution >= 0.6 is 0 Å². The maximum atomic E-state index is 5.56. The highest BCUT2D eigenvalue weighted by Gasteiger charge is 2.05. The first-order valence-corrected chi connectivity index (χ1v) is 5.55. The van der Waals surface area contributed by atoms with E-state index in [0.29, 0.717) is 19.1 Å². The summed E-state index contributed by atoms with van der Waals surface area (Å²) in [4.78, 5) is 11.9. The summed E-state index contributed by atoms with van der Waals surface area (Å²) in [7, 11) is 0.